The third-order valence-electron chi connectivity index (χ3n) is 2.59. The normalized spacial score (nSPS) is 14.5. The first-order valence-electron chi connectivity index (χ1n) is 4.83. The minimum Gasteiger partial charge on any atom is -0.374 e. The average molecular weight is 196 g/mol. The molecule has 0 aliphatic carbocycles. The zero-order valence-electron chi connectivity index (χ0n) is 8.57. The Morgan fingerprint density at radius 1 is 1.13 bits per heavy atom. The highest BCUT2D eigenvalue weighted by molar-refractivity contribution is 5.83. The molecule has 74 valence electrons. The molecule has 1 heteroatoms. The van der Waals surface area contributed by atoms with Crippen molar-refractivity contribution in [2.24, 2.45) is 0 Å². The van der Waals surface area contributed by atoms with E-state index < -0.39 is 5.60 Å². The monoisotopic (exact) mass is 196 g/mol. The second kappa shape index (κ2) is 3.42. The van der Waals surface area contributed by atoms with Gasteiger partial charge in [-0.2, -0.15) is 0 Å². The van der Waals surface area contributed by atoms with Crippen molar-refractivity contribution in [2.45, 2.75) is 12.5 Å². The van der Waals surface area contributed by atoms with Crippen LogP contribution in [0.15, 0.2) is 42.5 Å². The van der Waals surface area contributed by atoms with Crippen molar-refractivity contribution in [3.05, 3.63) is 48.0 Å². The fourth-order valence-corrected chi connectivity index (χ4v) is 1.58. The number of benzene rings is 2. The highest BCUT2D eigenvalue weighted by Crippen LogP contribution is 2.23. The van der Waals surface area contributed by atoms with Crippen molar-refractivity contribution in [1.29, 1.82) is 0 Å². The van der Waals surface area contributed by atoms with Gasteiger partial charge in [0.2, 0.25) is 0 Å². The summed E-state index contributed by atoms with van der Waals surface area (Å²) >= 11 is 0. The van der Waals surface area contributed by atoms with Gasteiger partial charge in [-0.15, -0.1) is 6.42 Å². The molecule has 1 N–H and O–H groups in total. The Hall–Kier alpha value is -1.78. The Morgan fingerprint density at radius 2 is 1.80 bits per heavy atom. The molecular weight excluding hydrogens is 184 g/mol. The number of fused-ring (bicyclic) bond motifs is 1. The van der Waals surface area contributed by atoms with Gasteiger partial charge in [0.05, 0.1) is 0 Å². The predicted molar refractivity (Wildman–Crippen MR) is 62.4 cm³/mol. The lowest BCUT2D eigenvalue weighted by Crippen LogP contribution is -2.17. The Bertz CT molecular complexity index is 532. The lowest BCUT2D eigenvalue weighted by molar-refractivity contribution is 0.122. The molecule has 0 heterocycles. The topological polar surface area (TPSA) is 20.2 Å². The van der Waals surface area contributed by atoms with Crippen molar-refractivity contribution in [1.82, 2.24) is 0 Å². The standard InChI is InChI=1S/C14H12O/c1-3-14(2,15)13-9-8-11-6-4-5-7-12(11)10-13/h1,4-10,15H,2H3. The maximum absolute atomic E-state index is 9.92. The zero-order valence-corrected chi connectivity index (χ0v) is 8.57. The summed E-state index contributed by atoms with van der Waals surface area (Å²) < 4.78 is 0. The summed E-state index contributed by atoms with van der Waals surface area (Å²) in [5, 5.41) is 12.2. The molecule has 2 aromatic rings. The van der Waals surface area contributed by atoms with E-state index in [0.717, 1.165) is 16.3 Å². The number of terminal acetylenes is 1. The van der Waals surface area contributed by atoms with Gasteiger partial charge in [0.1, 0.15) is 5.60 Å². The van der Waals surface area contributed by atoms with E-state index in [2.05, 4.69) is 5.92 Å². The van der Waals surface area contributed by atoms with E-state index in [-0.39, 0.29) is 0 Å². The van der Waals surface area contributed by atoms with Crippen LogP contribution in [-0.4, -0.2) is 5.11 Å². The molecule has 0 aliphatic heterocycles. The lowest BCUT2D eigenvalue weighted by atomic mass is 9.94. The summed E-state index contributed by atoms with van der Waals surface area (Å²) in [7, 11) is 0. The first-order valence-corrected chi connectivity index (χ1v) is 4.83. The van der Waals surface area contributed by atoms with Gasteiger partial charge in [0.25, 0.3) is 0 Å². The van der Waals surface area contributed by atoms with Crippen LogP contribution in [0.2, 0.25) is 0 Å². The molecule has 2 aromatic carbocycles. The van der Waals surface area contributed by atoms with E-state index in [1.54, 1.807) is 6.92 Å². The van der Waals surface area contributed by atoms with Crippen molar-refractivity contribution in [2.75, 3.05) is 0 Å². The van der Waals surface area contributed by atoms with Crippen molar-refractivity contribution in [3.63, 3.8) is 0 Å². The maximum Gasteiger partial charge on any atom is 0.147 e. The zero-order chi connectivity index (χ0) is 10.9. The molecule has 0 spiro atoms. The molecule has 0 radical (unpaired) electrons. The van der Waals surface area contributed by atoms with E-state index in [4.69, 9.17) is 6.42 Å². The number of aliphatic hydroxyl groups is 1. The van der Waals surface area contributed by atoms with E-state index in [9.17, 15) is 5.11 Å². The van der Waals surface area contributed by atoms with Gasteiger partial charge in [0, 0.05) is 0 Å². The van der Waals surface area contributed by atoms with Crippen molar-refractivity contribution in [3.8, 4) is 12.3 Å². The highest BCUT2D eigenvalue weighted by Gasteiger charge is 2.19. The average Bonchev–Trinajstić information content (AvgIpc) is 2.28. The Balaban J connectivity index is 2.63. The molecule has 0 saturated heterocycles. The van der Waals surface area contributed by atoms with Crippen LogP contribution in [0.5, 0.6) is 0 Å². The number of hydrogen-bond acceptors (Lipinski definition) is 1. The van der Waals surface area contributed by atoms with Crippen LogP contribution in [0.3, 0.4) is 0 Å². The van der Waals surface area contributed by atoms with Crippen LogP contribution in [0.4, 0.5) is 0 Å². The summed E-state index contributed by atoms with van der Waals surface area (Å²) in [6.45, 7) is 1.62. The summed E-state index contributed by atoms with van der Waals surface area (Å²) in [5.74, 6) is 2.38. The summed E-state index contributed by atoms with van der Waals surface area (Å²) in [5.41, 5.74) is -0.437. The fraction of sp³-hybridized carbons (Fsp3) is 0.143. The third-order valence-corrected chi connectivity index (χ3v) is 2.59. The van der Waals surface area contributed by atoms with E-state index in [1.807, 2.05) is 42.5 Å². The molecular formula is C14H12O. The van der Waals surface area contributed by atoms with Gasteiger partial charge >= 0.3 is 0 Å². The Morgan fingerprint density at radius 3 is 2.47 bits per heavy atom. The summed E-state index contributed by atoms with van der Waals surface area (Å²) in [4.78, 5) is 0. The van der Waals surface area contributed by atoms with Gasteiger partial charge in [0.15, 0.2) is 0 Å². The number of hydrogen-bond donors (Lipinski definition) is 1. The molecule has 0 bridgehead atoms. The molecule has 1 atom stereocenters. The molecule has 2 rings (SSSR count). The van der Waals surface area contributed by atoms with Crippen molar-refractivity contribution < 1.29 is 5.11 Å². The number of rotatable bonds is 1. The van der Waals surface area contributed by atoms with Crippen LogP contribution in [0, 0.1) is 12.3 Å². The van der Waals surface area contributed by atoms with Gasteiger partial charge in [-0.25, -0.2) is 0 Å². The van der Waals surface area contributed by atoms with E-state index in [0.29, 0.717) is 0 Å². The quantitative estimate of drug-likeness (QED) is 0.695. The molecule has 1 unspecified atom stereocenters. The van der Waals surface area contributed by atoms with Gasteiger partial charge in [-0.3, -0.25) is 0 Å². The molecule has 0 aliphatic rings. The van der Waals surface area contributed by atoms with Crippen LogP contribution < -0.4 is 0 Å². The van der Waals surface area contributed by atoms with E-state index >= 15 is 0 Å². The summed E-state index contributed by atoms with van der Waals surface area (Å²) in [6.07, 6.45) is 5.28. The third kappa shape index (κ3) is 1.72. The minimum atomic E-state index is -1.19. The first kappa shape index (κ1) is 9.76. The minimum absolute atomic E-state index is 0.753. The lowest BCUT2D eigenvalue weighted by Gasteiger charge is -2.17. The van der Waals surface area contributed by atoms with Crippen LogP contribution in [-0.2, 0) is 5.60 Å². The first-order chi connectivity index (χ1) is 7.13. The second-order valence-electron chi connectivity index (χ2n) is 3.78. The SMILES string of the molecule is C#CC(C)(O)c1ccc2ccccc2c1. The van der Waals surface area contributed by atoms with Gasteiger partial charge in [-0.05, 0) is 29.3 Å². The summed E-state index contributed by atoms with van der Waals surface area (Å²) in [6, 6.07) is 13.8. The molecule has 0 amide bonds. The van der Waals surface area contributed by atoms with Crippen molar-refractivity contribution >= 4 is 10.8 Å². The molecule has 0 aromatic heterocycles. The van der Waals surface area contributed by atoms with E-state index in [1.165, 1.54) is 0 Å². The molecule has 15 heavy (non-hydrogen) atoms. The highest BCUT2D eigenvalue weighted by atomic mass is 16.3. The van der Waals surface area contributed by atoms with Gasteiger partial charge in [-0.1, -0.05) is 42.3 Å². The molecule has 0 saturated carbocycles. The Labute approximate surface area is 89.4 Å². The maximum atomic E-state index is 9.92. The van der Waals surface area contributed by atoms with Crippen LogP contribution >= 0.6 is 0 Å². The molecule has 1 nitrogen and oxygen atoms in total. The van der Waals surface area contributed by atoms with Gasteiger partial charge < -0.3 is 5.11 Å². The largest absolute Gasteiger partial charge is 0.374 e. The van der Waals surface area contributed by atoms with Crippen LogP contribution in [0.1, 0.15) is 12.5 Å². The van der Waals surface area contributed by atoms with Crippen LogP contribution in [0.25, 0.3) is 10.8 Å². The fourth-order valence-electron chi connectivity index (χ4n) is 1.58. The molecule has 0 fully saturated rings. The smallest absolute Gasteiger partial charge is 0.147 e. The second-order valence-corrected chi connectivity index (χ2v) is 3.78. The Kier molecular flexibility index (Phi) is 2.22. The predicted octanol–water partition coefficient (Wildman–Crippen LogP) is 2.68.